The van der Waals surface area contributed by atoms with E-state index in [4.69, 9.17) is 4.42 Å². The summed E-state index contributed by atoms with van der Waals surface area (Å²) in [6.45, 7) is 0.599. The molecule has 26 heavy (non-hydrogen) atoms. The third-order valence-electron chi connectivity index (χ3n) is 4.10. The lowest BCUT2D eigenvalue weighted by Crippen LogP contribution is -2.29. The molecule has 0 N–H and O–H groups in total. The summed E-state index contributed by atoms with van der Waals surface area (Å²) in [4.78, 5) is 22.3. The Balaban J connectivity index is 1.51. The van der Waals surface area contributed by atoms with Gasteiger partial charge >= 0.3 is 0 Å². The number of amides is 1. The van der Waals surface area contributed by atoms with Crippen LogP contribution < -0.4 is 0 Å². The van der Waals surface area contributed by atoms with Crippen LogP contribution in [-0.4, -0.2) is 34.4 Å². The number of likely N-dealkylation sites (N-methyl/N-ethyl adjacent to an activating group) is 1. The first-order valence-electron chi connectivity index (χ1n) is 8.47. The van der Waals surface area contributed by atoms with E-state index in [2.05, 4.69) is 9.97 Å². The van der Waals surface area contributed by atoms with Crippen LogP contribution in [0.3, 0.4) is 0 Å². The van der Waals surface area contributed by atoms with E-state index in [9.17, 15) is 9.18 Å². The number of pyridine rings is 1. The van der Waals surface area contributed by atoms with Crippen molar-refractivity contribution in [2.75, 3.05) is 13.6 Å². The second kappa shape index (κ2) is 8.38. The third-order valence-corrected chi connectivity index (χ3v) is 4.10. The van der Waals surface area contributed by atoms with Crippen molar-refractivity contribution in [3.05, 3.63) is 72.3 Å². The van der Waals surface area contributed by atoms with Gasteiger partial charge in [0.15, 0.2) is 11.7 Å². The fraction of sp³-hybridized carbons (Fsp3) is 0.250. The number of nitrogens with zero attached hydrogens (tertiary/aromatic N) is 3. The first-order valence-corrected chi connectivity index (χ1v) is 8.47. The van der Waals surface area contributed by atoms with Gasteiger partial charge in [-0.25, -0.2) is 9.37 Å². The Kier molecular flexibility index (Phi) is 5.73. The average molecular weight is 353 g/mol. The Morgan fingerprint density at radius 2 is 1.92 bits per heavy atom. The summed E-state index contributed by atoms with van der Waals surface area (Å²) >= 11 is 0. The van der Waals surface area contributed by atoms with E-state index in [0.717, 1.165) is 5.69 Å². The maximum atomic E-state index is 13.8. The molecule has 0 saturated heterocycles. The van der Waals surface area contributed by atoms with E-state index in [1.807, 2.05) is 18.2 Å². The molecule has 1 amide bonds. The van der Waals surface area contributed by atoms with Gasteiger partial charge in [-0.1, -0.05) is 18.2 Å². The van der Waals surface area contributed by atoms with E-state index in [-0.39, 0.29) is 18.1 Å². The van der Waals surface area contributed by atoms with E-state index < -0.39 is 0 Å². The molecule has 0 aliphatic carbocycles. The van der Waals surface area contributed by atoms with Crippen molar-refractivity contribution in [1.82, 2.24) is 14.9 Å². The standard InChI is InChI=1S/C20H20FN3O2/c1-24(13-11-15-6-4-5-12-22-15)20(25)10-9-19-23-14-18(26-19)16-7-2-3-8-17(16)21/h2-8,12,14H,9-11,13H2,1H3. The average Bonchev–Trinajstić information content (AvgIpc) is 3.14. The largest absolute Gasteiger partial charge is 0.441 e. The number of halogens is 1. The highest BCUT2D eigenvalue weighted by molar-refractivity contribution is 5.76. The quantitative estimate of drug-likeness (QED) is 0.652. The molecule has 0 saturated carbocycles. The zero-order chi connectivity index (χ0) is 18.4. The van der Waals surface area contributed by atoms with Crippen LogP contribution in [0.15, 0.2) is 59.3 Å². The normalized spacial score (nSPS) is 10.7. The zero-order valence-electron chi connectivity index (χ0n) is 14.6. The molecular weight excluding hydrogens is 333 g/mol. The van der Waals surface area contributed by atoms with E-state index in [1.54, 1.807) is 36.3 Å². The molecule has 3 aromatic rings. The second-order valence-electron chi connectivity index (χ2n) is 5.98. The van der Waals surface area contributed by atoms with Crippen molar-refractivity contribution < 1.29 is 13.6 Å². The third kappa shape index (κ3) is 4.53. The number of carbonyl (C=O) groups excluding carboxylic acids is 1. The lowest BCUT2D eigenvalue weighted by Gasteiger charge is -2.16. The van der Waals surface area contributed by atoms with Crippen LogP contribution in [0.5, 0.6) is 0 Å². The summed E-state index contributed by atoms with van der Waals surface area (Å²) in [7, 11) is 1.77. The van der Waals surface area contributed by atoms with Gasteiger partial charge in [-0.2, -0.15) is 0 Å². The van der Waals surface area contributed by atoms with Gasteiger partial charge in [0.2, 0.25) is 5.91 Å². The SMILES string of the molecule is CN(CCc1ccccn1)C(=O)CCc1ncc(-c2ccccc2F)o1. The van der Waals surface area contributed by atoms with Gasteiger partial charge < -0.3 is 9.32 Å². The van der Waals surface area contributed by atoms with Crippen LogP contribution >= 0.6 is 0 Å². The molecule has 2 aromatic heterocycles. The van der Waals surface area contributed by atoms with Gasteiger partial charge in [0, 0.05) is 44.7 Å². The van der Waals surface area contributed by atoms with Crippen molar-refractivity contribution in [2.45, 2.75) is 19.3 Å². The summed E-state index contributed by atoms with van der Waals surface area (Å²) in [6.07, 6.45) is 4.60. The second-order valence-corrected chi connectivity index (χ2v) is 5.98. The Hall–Kier alpha value is -3.02. The highest BCUT2D eigenvalue weighted by Gasteiger charge is 2.13. The van der Waals surface area contributed by atoms with Gasteiger partial charge in [-0.05, 0) is 24.3 Å². The molecule has 0 radical (unpaired) electrons. The number of aromatic nitrogens is 2. The van der Waals surface area contributed by atoms with Crippen LogP contribution in [0.1, 0.15) is 18.0 Å². The maximum absolute atomic E-state index is 13.8. The number of carbonyl (C=O) groups is 1. The predicted octanol–water partition coefficient (Wildman–Crippen LogP) is 3.51. The molecule has 0 aliphatic heterocycles. The Morgan fingerprint density at radius 3 is 2.69 bits per heavy atom. The smallest absolute Gasteiger partial charge is 0.222 e. The molecule has 0 unspecified atom stereocenters. The molecule has 0 fully saturated rings. The first-order chi connectivity index (χ1) is 12.6. The minimum absolute atomic E-state index is 0.00609. The minimum Gasteiger partial charge on any atom is -0.441 e. The predicted molar refractivity (Wildman–Crippen MR) is 95.8 cm³/mol. The fourth-order valence-electron chi connectivity index (χ4n) is 2.57. The van der Waals surface area contributed by atoms with Crippen LogP contribution in [0.25, 0.3) is 11.3 Å². The molecular formula is C20H20FN3O2. The van der Waals surface area contributed by atoms with Gasteiger partial charge in [0.25, 0.3) is 0 Å². The van der Waals surface area contributed by atoms with Gasteiger partial charge in [0.05, 0.1) is 11.8 Å². The van der Waals surface area contributed by atoms with E-state index in [1.165, 1.54) is 12.3 Å². The van der Waals surface area contributed by atoms with Gasteiger partial charge in [-0.15, -0.1) is 0 Å². The summed E-state index contributed by atoms with van der Waals surface area (Å²) < 4.78 is 19.4. The number of benzene rings is 1. The highest BCUT2D eigenvalue weighted by atomic mass is 19.1. The van der Waals surface area contributed by atoms with Gasteiger partial charge in [0.1, 0.15) is 5.82 Å². The molecule has 3 rings (SSSR count). The topological polar surface area (TPSA) is 59.2 Å². The summed E-state index contributed by atoms with van der Waals surface area (Å²) in [5, 5.41) is 0. The van der Waals surface area contributed by atoms with Crippen molar-refractivity contribution in [3.63, 3.8) is 0 Å². The molecule has 1 aromatic carbocycles. The van der Waals surface area contributed by atoms with Crippen molar-refractivity contribution in [3.8, 4) is 11.3 Å². The van der Waals surface area contributed by atoms with Crippen molar-refractivity contribution >= 4 is 5.91 Å². The Labute approximate surface area is 151 Å². The fourth-order valence-corrected chi connectivity index (χ4v) is 2.57. The van der Waals surface area contributed by atoms with E-state index in [0.29, 0.717) is 36.6 Å². The lowest BCUT2D eigenvalue weighted by molar-refractivity contribution is -0.129. The van der Waals surface area contributed by atoms with Crippen LogP contribution in [0.2, 0.25) is 0 Å². The highest BCUT2D eigenvalue weighted by Crippen LogP contribution is 2.23. The number of hydrogen-bond donors (Lipinski definition) is 0. The molecule has 6 heteroatoms. The molecule has 2 heterocycles. The molecule has 134 valence electrons. The lowest BCUT2D eigenvalue weighted by atomic mass is 10.2. The molecule has 5 nitrogen and oxygen atoms in total. The number of aryl methyl sites for hydroxylation is 1. The van der Waals surface area contributed by atoms with Crippen molar-refractivity contribution in [1.29, 1.82) is 0 Å². The summed E-state index contributed by atoms with van der Waals surface area (Å²) in [5.74, 6) is 0.441. The Morgan fingerprint density at radius 1 is 1.12 bits per heavy atom. The summed E-state index contributed by atoms with van der Waals surface area (Å²) in [6, 6.07) is 12.1. The Bertz CT molecular complexity index is 864. The monoisotopic (exact) mass is 353 g/mol. The molecule has 0 atom stereocenters. The maximum Gasteiger partial charge on any atom is 0.222 e. The van der Waals surface area contributed by atoms with Crippen LogP contribution in [0.4, 0.5) is 4.39 Å². The van der Waals surface area contributed by atoms with Crippen LogP contribution in [-0.2, 0) is 17.6 Å². The molecule has 0 spiro atoms. The minimum atomic E-state index is -0.361. The zero-order valence-corrected chi connectivity index (χ0v) is 14.6. The van der Waals surface area contributed by atoms with Crippen LogP contribution in [0, 0.1) is 5.82 Å². The number of hydrogen-bond acceptors (Lipinski definition) is 4. The summed E-state index contributed by atoms with van der Waals surface area (Å²) in [5.41, 5.74) is 1.32. The number of rotatable bonds is 7. The van der Waals surface area contributed by atoms with Crippen molar-refractivity contribution in [2.24, 2.45) is 0 Å². The van der Waals surface area contributed by atoms with E-state index >= 15 is 0 Å². The first kappa shape index (κ1) is 17.8. The number of oxazole rings is 1. The molecule has 0 bridgehead atoms. The van der Waals surface area contributed by atoms with Gasteiger partial charge in [-0.3, -0.25) is 9.78 Å². The molecule has 0 aliphatic rings.